The molecule has 0 amide bonds. The summed E-state index contributed by atoms with van der Waals surface area (Å²) in [5, 5.41) is -0.229. The molecule has 0 atom stereocenters. The highest BCUT2D eigenvalue weighted by Crippen LogP contribution is 2.34. The maximum absolute atomic E-state index is 13.3. The Morgan fingerprint density at radius 1 is 1.20 bits per heavy atom. The summed E-state index contributed by atoms with van der Waals surface area (Å²) < 4.78 is 44.7. The number of H-pyrrole nitrogens is 2. The Morgan fingerprint density at radius 3 is 2.56 bits per heavy atom. The number of esters is 1. The van der Waals surface area contributed by atoms with Crippen LogP contribution in [0.25, 0.3) is 22.3 Å². The van der Waals surface area contributed by atoms with Crippen LogP contribution in [-0.4, -0.2) is 22.5 Å². The molecule has 0 saturated carbocycles. The predicted octanol–water partition coefficient (Wildman–Crippen LogP) is 3.72. The Bertz CT molecular complexity index is 989. The average molecular weight is 350 g/mol. The van der Waals surface area contributed by atoms with Gasteiger partial charge in [0.2, 0.25) is 5.43 Å². The molecule has 0 aliphatic heterocycles. The number of rotatable bonds is 3. The van der Waals surface area contributed by atoms with E-state index in [0.29, 0.717) is 5.69 Å². The minimum Gasteiger partial charge on any atom is -0.462 e. The van der Waals surface area contributed by atoms with E-state index in [-0.39, 0.29) is 28.8 Å². The van der Waals surface area contributed by atoms with Gasteiger partial charge in [0.25, 0.3) is 0 Å². The number of hydrogen-bond donors (Lipinski definition) is 2. The highest BCUT2D eigenvalue weighted by molar-refractivity contribution is 6.00. The minimum atomic E-state index is -4.65. The Kier molecular flexibility index (Phi) is 4.12. The summed E-state index contributed by atoms with van der Waals surface area (Å²) in [4.78, 5) is 30.3. The molecule has 0 bridgehead atoms. The zero-order valence-corrected chi connectivity index (χ0v) is 13.0. The van der Waals surface area contributed by atoms with Crippen molar-refractivity contribution in [3.8, 4) is 11.4 Å². The maximum Gasteiger partial charge on any atom is 0.418 e. The van der Waals surface area contributed by atoms with Crippen LogP contribution in [0.5, 0.6) is 0 Å². The molecule has 3 aromatic rings. The number of halogens is 3. The second-order valence-electron chi connectivity index (χ2n) is 5.23. The van der Waals surface area contributed by atoms with E-state index < -0.39 is 23.1 Å². The first-order valence-electron chi connectivity index (χ1n) is 7.41. The molecule has 0 saturated heterocycles. The quantitative estimate of drug-likeness (QED) is 0.707. The van der Waals surface area contributed by atoms with Gasteiger partial charge in [-0.1, -0.05) is 6.07 Å². The third kappa shape index (κ3) is 2.90. The molecule has 0 aliphatic carbocycles. The second-order valence-corrected chi connectivity index (χ2v) is 5.23. The Labute approximate surface area is 139 Å². The summed E-state index contributed by atoms with van der Waals surface area (Å²) in [5.74, 6) is -0.896. The fourth-order valence-electron chi connectivity index (χ4n) is 2.63. The molecule has 0 aliphatic rings. The number of carbonyl (C=O) groups excluding carboxylic acids is 1. The van der Waals surface area contributed by atoms with E-state index in [0.717, 1.165) is 12.1 Å². The molecule has 2 heterocycles. The lowest BCUT2D eigenvalue weighted by Gasteiger charge is -2.14. The van der Waals surface area contributed by atoms with Crippen LogP contribution in [0.1, 0.15) is 22.8 Å². The molecule has 8 heteroatoms. The number of fused-ring (bicyclic) bond motifs is 1. The highest BCUT2D eigenvalue weighted by Gasteiger charge is 2.34. The summed E-state index contributed by atoms with van der Waals surface area (Å²) in [6, 6.07) is 6.38. The van der Waals surface area contributed by atoms with Crippen LogP contribution in [0, 0.1) is 0 Å². The summed E-state index contributed by atoms with van der Waals surface area (Å²) in [7, 11) is 0. The van der Waals surface area contributed by atoms with Crippen molar-refractivity contribution in [3.63, 3.8) is 0 Å². The molecule has 25 heavy (non-hydrogen) atoms. The van der Waals surface area contributed by atoms with Crippen LogP contribution < -0.4 is 5.43 Å². The summed E-state index contributed by atoms with van der Waals surface area (Å²) in [6.07, 6.45) is -3.12. The third-order valence-electron chi connectivity index (χ3n) is 3.69. The molecule has 5 nitrogen and oxygen atoms in total. The van der Waals surface area contributed by atoms with Gasteiger partial charge in [0, 0.05) is 11.6 Å². The van der Waals surface area contributed by atoms with Crippen LogP contribution in [0.4, 0.5) is 13.2 Å². The lowest BCUT2D eigenvalue weighted by molar-refractivity contribution is -0.136. The van der Waals surface area contributed by atoms with Gasteiger partial charge in [-0.05, 0) is 31.2 Å². The molecule has 1 aromatic carbocycles. The normalized spacial score (nSPS) is 11.7. The Hall–Kier alpha value is -3.03. The fraction of sp³-hybridized carbons (Fsp3) is 0.176. The molecule has 0 unspecified atom stereocenters. The first-order chi connectivity index (χ1) is 11.8. The molecule has 2 aromatic heterocycles. The lowest BCUT2D eigenvalue weighted by atomic mass is 10.0. The number of alkyl halides is 3. The predicted molar refractivity (Wildman–Crippen MR) is 85.3 cm³/mol. The molecular formula is C17H13F3N2O3. The van der Waals surface area contributed by atoms with Gasteiger partial charge in [-0.3, -0.25) is 4.79 Å². The van der Waals surface area contributed by atoms with Gasteiger partial charge in [0.05, 0.1) is 29.1 Å². The van der Waals surface area contributed by atoms with Crippen molar-refractivity contribution < 1.29 is 22.7 Å². The summed E-state index contributed by atoms with van der Waals surface area (Å²) in [6.45, 7) is 1.60. The second kappa shape index (κ2) is 6.12. The first kappa shape index (κ1) is 16.8. The van der Waals surface area contributed by atoms with Gasteiger partial charge < -0.3 is 14.7 Å². The van der Waals surface area contributed by atoms with Gasteiger partial charge in [-0.25, -0.2) is 4.79 Å². The molecule has 0 spiro atoms. The van der Waals surface area contributed by atoms with Crippen LogP contribution >= 0.6 is 0 Å². The minimum absolute atomic E-state index is 0.0308. The van der Waals surface area contributed by atoms with E-state index in [4.69, 9.17) is 4.74 Å². The highest BCUT2D eigenvalue weighted by atomic mass is 19.4. The van der Waals surface area contributed by atoms with Crippen molar-refractivity contribution >= 4 is 16.9 Å². The van der Waals surface area contributed by atoms with Gasteiger partial charge in [0.1, 0.15) is 5.56 Å². The van der Waals surface area contributed by atoms with Crippen molar-refractivity contribution in [1.82, 2.24) is 9.97 Å². The number of pyridine rings is 1. The fourth-order valence-corrected chi connectivity index (χ4v) is 2.63. The van der Waals surface area contributed by atoms with E-state index >= 15 is 0 Å². The Morgan fingerprint density at radius 2 is 1.96 bits per heavy atom. The van der Waals surface area contributed by atoms with Crippen molar-refractivity contribution in [3.05, 3.63) is 57.9 Å². The number of benzene rings is 1. The average Bonchev–Trinajstić information content (AvgIpc) is 3.07. The molecule has 2 N–H and O–H groups in total. The SMILES string of the molecule is CCOC(=O)c1c(-c2ccc[nH]2)[nH]c2c(C(F)(F)F)cccc2c1=O. The van der Waals surface area contributed by atoms with Crippen molar-refractivity contribution in [1.29, 1.82) is 0 Å². The number of para-hydroxylation sites is 1. The van der Waals surface area contributed by atoms with E-state index in [2.05, 4.69) is 9.97 Å². The molecule has 0 fully saturated rings. The van der Waals surface area contributed by atoms with Crippen molar-refractivity contribution in [2.75, 3.05) is 6.61 Å². The number of aromatic nitrogens is 2. The third-order valence-corrected chi connectivity index (χ3v) is 3.69. The van der Waals surface area contributed by atoms with E-state index in [1.165, 1.54) is 18.3 Å². The molecular weight excluding hydrogens is 337 g/mol. The van der Waals surface area contributed by atoms with Crippen LogP contribution in [0.2, 0.25) is 0 Å². The smallest absolute Gasteiger partial charge is 0.418 e. The molecule has 0 radical (unpaired) electrons. The topological polar surface area (TPSA) is 75.0 Å². The van der Waals surface area contributed by atoms with Gasteiger partial charge >= 0.3 is 12.1 Å². The van der Waals surface area contributed by atoms with E-state index in [1.807, 2.05) is 0 Å². The van der Waals surface area contributed by atoms with Gasteiger partial charge in [0.15, 0.2) is 0 Å². The van der Waals surface area contributed by atoms with Crippen molar-refractivity contribution in [2.24, 2.45) is 0 Å². The number of hydrogen-bond acceptors (Lipinski definition) is 3. The molecule has 130 valence electrons. The monoisotopic (exact) mass is 350 g/mol. The van der Waals surface area contributed by atoms with E-state index in [1.54, 1.807) is 13.0 Å². The zero-order chi connectivity index (χ0) is 18.2. The number of aromatic amines is 2. The van der Waals surface area contributed by atoms with Crippen molar-refractivity contribution in [2.45, 2.75) is 13.1 Å². The van der Waals surface area contributed by atoms with Crippen LogP contribution in [0.3, 0.4) is 0 Å². The largest absolute Gasteiger partial charge is 0.462 e. The van der Waals surface area contributed by atoms with Gasteiger partial charge in [-0.2, -0.15) is 13.2 Å². The van der Waals surface area contributed by atoms with E-state index in [9.17, 15) is 22.8 Å². The lowest BCUT2D eigenvalue weighted by Crippen LogP contribution is -2.21. The number of ether oxygens (including phenoxy) is 1. The van der Waals surface area contributed by atoms with Gasteiger partial charge in [-0.15, -0.1) is 0 Å². The van der Waals surface area contributed by atoms with Crippen LogP contribution in [-0.2, 0) is 10.9 Å². The maximum atomic E-state index is 13.3. The summed E-state index contributed by atoms with van der Waals surface area (Å²) in [5.41, 5.74) is -2.25. The zero-order valence-electron chi connectivity index (χ0n) is 13.0. The first-order valence-corrected chi connectivity index (χ1v) is 7.41. The number of carbonyl (C=O) groups is 1. The standard InChI is InChI=1S/C17H13F3N2O3/c1-2-25-16(24)12-14(11-7-4-8-21-11)22-13-9(15(12)23)5-3-6-10(13)17(18,19)20/h3-8,21H,2H2,1H3,(H,22,23). The van der Waals surface area contributed by atoms with Crippen LogP contribution in [0.15, 0.2) is 41.3 Å². The number of nitrogens with one attached hydrogen (secondary N) is 2. The summed E-state index contributed by atoms with van der Waals surface area (Å²) >= 11 is 0. The molecule has 3 rings (SSSR count). The Balaban J connectivity index is 2.43.